The Labute approximate surface area is 123 Å². The molecule has 0 amide bonds. The van der Waals surface area contributed by atoms with Crippen molar-refractivity contribution in [2.45, 2.75) is 13.5 Å². The van der Waals surface area contributed by atoms with Crippen molar-refractivity contribution in [2.75, 3.05) is 18.8 Å². The summed E-state index contributed by atoms with van der Waals surface area (Å²) in [7, 11) is -3.19. The molecule has 0 saturated heterocycles. The van der Waals surface area contributed by atoms with Crippen LogP contribution in [0.3, 0.4) is 0 Å². The van der Waals surface area contributed by atoms with Crippen molar-refractivity contribution in [3.63, 3.8) is 0 Å². The Balaban J connectivity index is 1.95. The quantitative estimate of drug-likeness (QED) is 0.768. The van der Waals surface area contributed by atoms with Crippen LogP contribution in [0, 0.1) is 0 Å². The van der Waals surface area contributed by atoms with Crippen LogP contribution in [0.4, 0.5) is 0 Å². The predicted octanol–water partition coefficient (Wildman–Crippen LogP) is 2.12. The zero-order valence-corrected chi connectivity index (χ0v) is 12.7. The number of furan rings is 1. The van der Waals surface area contributed by atoms with Gasteiger partial charge in [-0.3, -0.25) is 0 Å². The maximum atomic E-state index is 11.5. The van der Waals surface area contributed by atoms with Crippen molar-refractivity contribution < 1.29 is 12.8 Å². The van der Waals surface area contributed by atoms with Crippen LogP contribution in [0.15, 0.2) is 28.7 Å². The second kappa shape index (κ2) is 6.58. The highest BCUT2D eigenvalue weighted by molar-refractivity contribution is 7.89. The van der Waals surface area contributed by atoms with E-state index in [1.165, 1.54) is 0 Å². The van der Waals surface area contributed by atoms with Gasteiger partial charge in [-0.2, -0.15) is 0 Å². The number of nitrogens with one attached hydrogen (secondary N) is 2. The molecule has 0 aliphatic carbocycles. The molecule has 0 radical (unpaired) electrons. The highest BCUT2D eigenvalue weighted by Gasteiger charge is 2.12. The second-order valence-corrected chi connectivity index (χ2v) is 6.61. The highest BCUT2D eigenvalue weighted by atomic mass is 35.5. The minimum Gasteiger partial charge on any atom is -0.444 e. The summed E-state index contributed by atoms with van der Waals surface area (Å²) in [5, 5.41) is 4.36. The minimum absolute atomic E-state index is 0.0360. The molecule has 0 bridgehead atoms. The largest absolute Gasteiger partial charge is 0.444 e. The summed E-state index contributed by atoms with van der Waals surface area (Å²) in [6, 6.07) is 7.56. The third kappa shape index (κ3) is 3.73. The van der Waals surface area contributed by atoms with Crippen LogP contribution >= 0.6 is 11.6 Å². The number of para-hydroxylation sites is 1. The molecular weight excluding hydrogens is 300 g/mol. The Hall–Kier alpha value is -1.08. The summed E-state index contributed by atoms with van der Waals surface area (Å²) in [6.07, 6.45) is 0. The maximum Gasteiger partial charge on any atom is 0.212 e. The molecule has 20 heavy (non-hydrogen) atoms. The zero-order chi connectivity index (χ0) is 14.6. The molecule has 2 rings (SSSR count). The summed E-state index contributed by atoms with van der Waals surface area (Å²) in [5.41, 5.74) is 1.58. The van der Waals surface area contributed by atoms with Crippen molar-refractivity contribution >= 4 is 32.6 Å². The lowest BCUT2D eigenvalue weighted by atomic mass is 10.2. The number of halogens is 1. The van der Waals surface area contributed by atoms with Crippen LogP contribution in [0.5, 0.6) is 0 Å². The first-order valence-corrected chi connectivity index (χ1v) is 8.40. The van der Waals surface area contributed by atoms with E-state index < -0.39 is 10.0 Å². The number of sulfonamides is 1. The van der Waals surface area contributed by atoms with Gasteiger partial charge in [-0.05, 0) is 17.7 Å². The first-order chi connectivity index (χ1) is 9.53. The molecule has 5 nitrogen and oxygen atoms in total. The molecule has 2 aromatic rings. The van der Waals surface area contributed by atoms with Crippen molar-refractivity contribution in [2.24, 2.45) is 0 Å². The molecule has 0 saturated carbocycles. The third-order valence-corrected chi connectivity index (χ3v) is 4.64. The molecule has 0 unspecified atom stereocenters. The molecule has 110 valence electrons. The highest BCUT2D eigenvalue weighted by Crippen LogP contribution is 2.29. The number of hydrogen-bond acceptors (Lipinski definition) is 4. The standard InChI is InChI=1S/C13H17ClN2O3S/c1-2-16-20(17,18)8-7-15-9-11-10-5-3-4-6-12(10)19-13(11)14/h3-6,15-16H,2,7-9H2,1H3. The van der Waals surface area contributed by atoms with Crippen LogP contribution < -0.4 is 10.0 Å². The van der Waals surface area contributed by atoms with Gasteiger partial charge < -0.3 is 9.73 Å². The minimum atomic E-state index is -3.19. The van der Waals surface area contributed by atoms with Gasteiger partial charge in [0, 0.05) is 30.6 Å². The van der Waals surface area contributed by atoms with Crippen LogP contribution in [0.25, 0.3) is 11.0 Å². The molecule has 1 aromatic carbocycles. The van der Waals surface area contributed by atoms with E-state index in [0.717, 1.165) is 16.5 Å². The zero-order valence-electron chi connectivity index (χ0n) is 11.1. The fraction of sp³-hybridized carbons (Fsp3) is 0.385. The van der Waals surface area contributed by atoms with E-state index in [2.05, 4.69) is 10.0 Å². The van der Waals surface area contributed by atoms with Gasteiger partial charge in [-0.25, -0.2) is 13.1 Å². The fourth-order valence-corrected chi connectivity index (χ4v) is 3.19. The lowest BCUT2D eigenvalue weighted by Crippen LogP contribution is -2.31. The Morgan fingerprint density at radius 1 is 1.30 bits per heavy atom. The lowest BCUT2D eigenvalue weighted by molar-refractivity contribution is 0.578. The van der Waals surface area contributed by atoms with Gasteiger partial charge in [-0.1, -0.05) is 25.1 Å². The molecule has 0 aliphatic rings. The second-order valence-electron chi connectivity index (χ2n) is 4.34. The Kier molecular flexibility index (Phi) is 5.04. The van der Waals surface area contributed by atoms with Crippen LogP contribution in [0.2, 0.25) is 5.22 Å². The summed E-state index contributed by atoms with van der Waals surface area (Å²) in [6.45, 7) is 2.98. The molecular formula is C13H17ClN2O3S. The Bertz CT molecular complexity index is 682. The number of rotatable bonds is 7. The predicted molar refractivity (Wildman–Crippen MR) is 80.4 cm³/mol. The molecule has 0 aliphatic heterocycles. The van der Waals surface area contributed by atoms with Crippen molar-refractivity contribution in [3.05, 3.63) is 35.0 Å². The fourth-order valence-electron chi connectivity index (χ4n) is 1.95. The third-order valence-electron chi connectivity index (χ3n) is 2.86. The van der Waals surface area contributed by atoms with E-state index in [-0.39, 0.29) is 5.75 Å². The Morgan fingerprint density at radius 2 is 2.05 bits per heavy atom. The lowest BCUT2D eigenvalue weighted by Gasteiger charge is -2.06. The van der Waals surface area contributed by atoms with Crippen molar-refractivity contribution in [1.29, 1.82) is 0 Å². The van der Waals surface area contributed by atoms with E-state index in [1.807, 2.05) is 24.3 Å². The van der Waals surface area contributed by atoms with Crippen molar-refractivity contribution in [1.82, 2.24) is 10.0 Å². The Morgan fingerprint density at radius 3 is 2.80 bits per heavy atom. The molecule has 1 aromatic heterocycles. The first kappa shape index (κ1) is 15.3. The van der Waals surface area contributed by atoms with E-state index in [9.17, 15) is 8.42 Å². The normalized spacial score (nSPS) is 12.1. The summed E-state index contributed by atoms with van der Waals surface area (Å²) >= 11 is 6.05. The van der Waals surface area contributed by atoms with Crippen LogP contribution in [-0.4, -0.2) is 27.3 Å². The van der Waals surface area contributed by atoms with E-state index in [0.29, 0.717) is 24.9 Å². The van der Waals surface area contributed by atoms with Gasteiger partial charge in [0.2, 0.25) is 10.0 Å². The van der Waals surface area contributed by atoms with E-state index >= 15 is 0 Å². The molecule has 0 spiro atoms. The van der Waals surface area contributed by atoms with Gasteiger partial charge in [0.15, 0.2) is 5.22 Å². The van der Waals surface area contributed by atoms with Gasteiger partial charge in [-0.15, -0.1) is 0 Å². The monoisotopic (exact) mass is 316 g/mol. The number of fused-ring (bicyclic) bond motifs is 1. The molecule has 7 heteroatoms. The molecule has 0 fully saturated rings. The summed E-state index contributed by atoms with van der Waals surface area (Å²) in [5.74, 6) is 0.0360. The van der Waals surface area contributed by atoms with Crippen LogP contribution in [0.1, 0.15) is 12.5 Å². The topological polar surface area (TPSA) is 71.3 Å². The van der Waals surface area contributed by atoms with Gasteiger partial charge in [0.1, 0.15) is 5.58 Å². The molecule has 0 atom stereocenters. The van der Waals surface area contributed by atoms with Crippen molar-refractivity contribution in [3.8, 4) is 0 Å². The van der Waals surface area contributed by atoms with Gasteiger partial charge in [0.25, 0.3) is 0 Å². The maximum absolute atomic E-state index is 11.5. The van der Waals surface area contributed by atoms with Crippen LogP contribution in [-0.2, 0) is 16.6 Å². The first-order valence-electron chi connectivity index (χ1n) is 6.37. The SMILES string of the molecule is CCNS(=O)(=O)CCNCc1c(Cl)oc2ccccc12. The number of hydrogen-bond donors (Lipinski definition) is 2. The average molecular weight is 317 g/mol. The smallest absolute Gasteiger partial charge is 0.212 e. The average Bonchev–Trinajstić information content (AvgIpc) is 2.70. The van der Waals surface area contributed by atoms with E-state index in [4.69, 9.17) is 16.0 Å². The molecule has 2 N–H and O–H groups in total. The van der Waals surface area contributed by atoms with E-state index in [1.54, 1.807) is 6.92 Å². The summed E-state index contributed by atoms with van der Waals surface area (Å²) < 4.78 is 30.8. The summed E-state index contributed by atoms with van der Waals surface area (Å²) in [4.78, 5) is 0. The van der Waals surface area contributed by atoms with Gasteiger partial charge >= 0.3 is 0 Å². The number of benzene rings is 1. The molecule has 1 heterocycles. The van der Waals surface area contributed by atoms with Gasteiger partial charge in [0.05, 0.1) is 5.75 Å².